The summed E-state index contributed by atoms with van der Waals surface area (Å²) in [5, 5.41) is 3.85. The van der Waals surface area contributed by atoms with Gasteiger partial charge in [0.05, 0.1) is 0 Å². The van der Waals surface area contributed by atoms with Crippen LogP contribution in [-0.2, 0) is 0 Å². The van der Waals surface area contributed by atoms with E-state index in [9.17, 15) is 0 Å². The maximum Gasteiger partial charge on any atom is 0.0123 e. The van der Waals surface area contributed by atoms with Crippen LogP contribution in [0, 0.1) is 5.41 Å². The Kier molecular flexibility index (Phi) is 4.69. The second-order valence-corrected chi connectivity index (χ2v) is 6.03. The summed E-state index contributed by atoms with van der Waals surface area (Å²) in [7, 11) is 0. The molecule has 0 unspecified atom stereocenters. The summed E-state index contributed by atoms with van der Waals surface area (Å²) in [6, 6.07) is 0.862. The highest BCUT2D eigenvalue weighted by Crippen LogP contribution is 2.45. The minimum atomic E-state index is 0.698. The highest BCUT2D eigenvalue weighted by molar-refractivity contribution is 4.95. The molecule has 2 fully saturated rings. The molecule has 1 heteroatoms. The largest absolute Gasteiger partial charge is 0.313 e. The number of hydrogen-bond donors (Lipinski definition) is 1. The van der Waals surface area contributed by atoms with Gasteiger partial charge < -0.3 is 5.32 Å². The van der Waals surface area contributed by atoms with E-state index in [0.717, 1.165) is 6.04 Å². The van der Waals surface area contributed by atoms with Gasteiger partial charge in [0.25, 0.3) is 0 Å². The molecule has 16 heavy (non-hydrogen) atoms. The quantitative estimate of drug-likeness (QED) is 0.702. The van der Waals surface area contributed by atoms with Crippen LogP contribution in [0.2, 0.25) is 0 Å². The van der Waals surface area contributed by atoms with Crippen molar-refractivity contribution in [3.8, 4) is 0 Å². The molecular formula is C15H29N. The summed E-state index contributed by atoms with van der Waals surface area (Å²) in [6.45, 7) is 3.60. The van der Waals surface area contributed by atoms with Crippen molar-refractivity contribution in [2.75, 3.05) is 6.54 Å². The van der Waals surface area contributed by atoms with Crippen molar-refractivity contribution >= 4 is 0 Å². The van der Waals surface area contributed by atoms with Crippen LogP contribution >= 0.6 is 0 Å². The van der Waals surface area contributed by atoms with Gasteiger partial charge in [-0.25, -0.2) is 0 Å². The van der Waals surface area contributed by atoms with E-state index < -0.39 is 0 Å². The van der Waals surface area contributed by atoms with E-state index >= 15 is 0 Å². The van der Waals surface area contributed by atoms with Crippen LogP contribution in [0.15, 0.2) is 0 Å². The second-order valence-electron chi connectivity index (χ2n) is 6.03. The topological polar surface area (TPSA) is 12.0 Å². The van der Waals surface area contributed by atoms with Gasteiger partial charge in [-0.1, -0.05) is 45.4 Å². The Bertz CT molecular complexity index is 202. The van der Waals surface area contributed by atoms with Gasteiger partial charge in [0, 0.05) is 6.04 Å². The molecule has 0 aromatic rings. The summed E-state index contributed by atoms with van der Waals surface area (Å²) in [5.74, 6) is 0. The molecule has 0 amide bonds. The van der Waals surface area contributed by atoms with E-state index in [-0.39, 0.29) is 0 Å². The first-order chi connectivity index (χ1) is 7.87. The highest BCUT2D eigenvalue weighted by Gasteiger charge is 2.40. The third-order valence-corrected chi connectivity index (χ3v) is 4.93. The van der Waals surface area contributed by atoms with Gasteiger partial charge in [-0.05, 0) is 44.1 Å². The molecule has 1 nitrogen and oxygen atoms in total. The Balaban J connectivity index is 1.97. The fourth-order valence-corrected chi connectivity index (χ4v) is 3.95. The molecule has 94 valence electrons. The Morgan fingerprint density at radius 3 is 2.69 bits per heavy atom. The van der Waals surface area contributed by atoms with Crippen molar-refractivity contribution in [3.05, 3.63) is 0 Å². The van der Waals surface area contributed by atoms with Crippen molar-refractivity contribution < 1.29 is 0 Å². The lowest BCUT2D eigenvalue weighted by molar-refractivity contribution is 0.107. The molecule has 2 rings (SSSR count). The molecule has 1 saturated carbocycles. The lowest BCUT2D eigenvalue weighted by Crippen LogP contribution is -2.46. The molecule has 2 aliphatic rings. The molecule has 1 heterocycles. The van der Waals surface area contributed by atoms with E-state index in [1.807, 2.05) is 0 Å². The van der Waals surface area contributed by atoms with Crippen molar-refractivity contribution in [1.82, 2.24) is 5.32 Å². The Hall–Kier alpha value is -0.0400. The zero-order valence-corrected chi connectivity index (χ0v) is 11.1. The lowest BCUT2D eigenvalue weighted by Gasteiger charge is -2.44. The van der Waals surface area contributed by atoms with Gasteiger partial charge in [-0.3, -0.25) is 0 Å². The monoisotopic (exact) mass is 223 g/mol. The maximum atomic E-state index is 3.85. The number of nitrogens with one attached hydrogen (secondary N) is 1. The van der Waals surface area contributed by atoms with Gasteiger partial charge in [0.2, 0.25) is 0 Å². The van der Waals surface area contributed by atoms with Crippen molar-refractivity contribution in [3.63, 3.8) is 0 Å². The summed E-state index contributed by atoms with van der Waals surface area (Å²) in [4.78, 5) is 0. The predicted molar refractivity (Wildman–Crippen MR) is 70.7 cm³/mol. The van der Waals surface area contributed by atoms with E-state index in [1.165, 1.54) is 77.2 Å². The average Bonchev–Trinajstić information content (AvgIpc) is 2.52. The van der Waals surface area contributed by atoms with Crippen LogP contribution in [0.25, 0.3) is 0 Å². The van der Waals surface area contributed by atoms with Crippen LogP contribution in [0.4, 0.5) is 0 Å². The Labute approximate surface area is 101 Å². The standard InChI is InChI=1S/C15H29N/c1-2-3-5-10-15-11-6-4-9-14(15)16-13-8-7-12-15/h14,16H,2-13H2,1H3/t14-,15+/m0/s1. The number of hydrogen-bond acceptors (Lipinski definition) is 1. The fourth-order valence-electron chi connectivity index (χ4n) is 3.95. The summed E-state index contributed by atoms with van der Waals surface area (Å²) in [6.07, 6.45) is 16.1. The normalized spacial score (nSPS) is 35.4. The van der Waals surface area contributed by atoms with Crippen LogP contribution in [0.1, 0.15) is 77.6 Å². The molecule has 0 radical (unpaired) electrons. The van der Waals surface area contributed by atoms with Gasteiger partial charge >= 0.3 is 0 Å². The molecule has 0 aromatic heterocycles. The maximum absolute atomic E-state index is 3.85. The molecule has 2 atom stereocenters. The summed E-state index contributed by atoms with van der Waals surface area (Å²) < 4.78 is 0. The van der Waals surface area contributed by atoms with Crippen LogP contribution in [0.5, 0.6) is 0 Å². The SMILES string of the molecule is CCCCC[C@@]12CCCCN[C@H]1CCCC2. The van der Waals surface area contributed by atoms with Crippen molar-refractivity contribution in [1.29, 1.82) is 0 Å². The third kappa shape index (κ3) is 2.80. The van der Waals surface area contributed by atoms with Crippen molar-refractivity contribution in [2.24, 2.45) is 5.41 Å². The van der Waals surface area contributed by atoms with E-state index in [0.29, 0.717) is 5.41 Å². The van der Waals surface area contributed by atoms with Crippen LogP contribution < -0.4 is 5.32 Å². The van der Waals surface area contributed by atoms with E-state index in [4.69, 9.17) is 0 Å². The molecule has 0 spiro atoms. The predicted octanol–water partition coefficient (Wildman–Crippen LogP) is 4.27. The molecule has 1 N–H and O–H groups in total. The summed E-state index contributed by atoms with van der Waals surface area (Å²) >= 11 is 0. The number of fused-ring (bicyclic) bond motifs is 1. The minimum absolute atomic E-state index is 0.698. The fraction of sp³-hybridized carbons (Fsp3) is 1.00. The molecule has 1 aliphatic heterocycles. The number of unbranched alkanes of at least 4 members (excludes halogenated alkanes) is 2. The molecular weight excluding hydrogens is 194 g/mol. The van der Waals surface area contributed by atoms with Gasteiger partial charge in [0.1, 0.15) is 0 Å². The average molecular weight is 223 g/mol. The molecule has 0 bridgehead atoms. The number of rotatable bonds is 4. The first-order valence-electron chi connectivity index (χ1n) is 7.61. The van der Waals surface area contributed by atoms with Gasteiger partial charge in [-0.2, -0.15) is 0 Å². The minimum Gasteiger partial charge on any atom is -0.313 e. The zero-order valence-electron chi connectivity index (χ0n) is 11.1. The van der Waals surface area contributed by atoms with Gasteiger partial charge in [-0.15, -0.1) is 0 Å². The first kappa shape index (κ1) is 12.4. The smallest absolute Gasteiger partial charge is 0.0123 e. The summed E-state index contributed by atoms with van der Waals surface area (Å²) in [5.41, 5.74) is 0.698. The zero-order chi connectivity index (χ0) is 11.3. The van der Waals surface area contributed by atoms with Crippen LogP contribution in [0.3, 0.4) is 0 Å². The molecule has 0 aromatic carbocycles. The first-order valence-corrected chi connectivity index (χ1v) is 7.61. The highest BCUT2D eigenvalue weighted by atomic mass is 14.9. The van der Waals surface area contributed by atoms with E-state index in [2.05, 4.69) is 12.2 Å². The third-order valence-electron chi connectivity index (χ3n) is 4.93. The van der Waals surface area contributed by atoms with Gasteiger partial charge in [0.15, 0.2) is 0 Å². The second kappa shape index (κ2) is 6.05. The molecule has 1 aliphatic carbocycles. The Morgan fingerprint density at radius 1 is 1.06 bits per heavy atom. The van der Waals surface area contributed by atoms with Crippen molar-refractivity contribution in [2.45, 2.75) is 83.6 Å². The molecule has 1 saturated heterocycles. The van der Waals surface area contributed by atoms with Crippen LogP contribution in [-0.4, -0.2) is 12.6 Å². The Morgan fingerprint density at radius 2 is 1.88 bits per heavy atom. The lowest BCUT2D eigenvalue weighted by atomic mass is 9.65. The van der Waals surface area contributed by atoms with E-state index in [1.54, 1.807) is 0 Å².